The zero-order valence-electron chi connectivity index (χ0n) is 10.3. The third kappa shape index (κ3) is 2.39. The molecule has 0 aliphatic carbocycles. The SMILES string of the molecule is N#CCN(CC#N)C(=O)c1sc2cccc(Cl)c2c1N. The number of carbonyl (C=O) groups excluding carboxylic acids is 1. The van der Waals surface area contributed by atoms with Crippen LogP contribution in [0.15, 0.2) is 18.2 Å². The maximum atomic E-state index is 12.3. The number of nitrogens with two attached hydrogens (primary N) is 1. The summed E-state index contributed by atoms with van der Waals surface area (Å²) in [7, 11) is 0. The lowest BCUT2D eigenvalue weighted by molar-refractivity contribution is 0.0800. The molecular weight excluding hydrogens is 296 g/mol. The summed E-state index contributed by atoms with van der Waals surface area (Å²) in [6.45, 7) is -0.318. The first-order valence-electron chi connectivity index (χ1n) is 5.59. The Morgan fingerprint density at radius 2 is 2.00 bits per heavy atom. The third-order valence-corrected chi connectivity index (χ3v) is 4.18. The second kappa shape index (κ2) is 5.79. The fraction of sp³-hybridized carbons (Fsp3) is 0.154. The molecule has 2 aromatic rings. The smallest absolute Gasteiger partial charge is 0.267 e. The van der Waals surface area contributed by atoms with Gasteiger partial charge in [-0.3, -0.25) is 4.79 Å². The summed E-state index contributed by atoms with van der Waals surface area (Å²) in [6, 6.07) is 9.01. The van der Waals surface area contributed by atoms with E-state index in [2.05, 4.69) is 0 Å². The van der Waals surface area contributed by atoms with E-state index in [1.165, 1.54) is 11.3 Å². The van der Waals surface area contributed by atoms with E-state index in [4.69, 9.17) is 27.9 Å². The molecule has 0 aliphatic rings. The maximum absolute atomic E-state index is 12.3. The number of anilines is 1. The Labute approximate surface area is 124 Å². The number of halogens is 1. The Kier molecular flexibility index (Phi) is 4.09. The van der Waals surface area contributed by atoms with E-state index >= 15 is 0 Å². The molecule has 0 fully saturated rings. The van der Waals surface area contributed by atoms with Crippen molar-refractivity contribution in [1.82, 2.24) is 4.90 Å². The van der Waals surface area contributed by atoms with E-state index in [9.17, 15) is 4.79 Å². The number of hydrogen-bond donors (Lipinski definition) is 1. The van der Waals surface area contributed by atoms with Gasteiger partial charge in [-0.05, 0) is 12.1 Å². The van der Waals surface area contributed by atoms with Gasteiger partial charge in [-0.25, -0.2) is 0 Å². The number of nitriles is 2. The van der Waals surface area contributed by atoms with E-state index in [0.29, 0.717) is 21.0 Å². The van der Waals surface area contributed by atoms with Crippen molar-refractivity contribution in [3.05, 3.63) is 28.1 Å². The zero-order chi connectivity index (χ0) is 14.7. The Morgan fingerprint density at radius 3 is 2.55 bits per heavy atom. The van der Waals surface area contributed by atoms with Crippen LogP contribution in [0.2, 0.25) is 5.02 Å². The molecule has 0 spiro atoms. The zero-order valence-corrected chi connectivity index (χ0v) is 11.8. The van der Waals surface area contributed by atoms with Gasteiger partial charge in [-0.15, -0.1) is 11.3 Å². The van der Waals surface area contributed by atoms with Crippen LogP contribution in [-0.4, -0.2) is 23.9 Å². The number of thiophene rings is 1. The van der Waals surface area contributed by atoms with Crippen molar-refractivity contribution in [2.45, 2.75) is 0 Å². The van der Waals surface area contributed by atoms with Crippen LogP contribution in [0.4, 0.5) is 5.69 Å². The molecule has 1 aromatic heterocycles. The fourth-order valence-corrected chi connectivity index (χ4v) is 3.25. The Balaban J connectivity index is 2.50. The number of benzene rings is 1. The number of nitrogen functional groups attached to an aromatic ring is 1. The van der Waals surface area contributed by atoms with Crippen LogP contribution >= 0.6 is 22.9 Å². The van der Waals surface area contributed by atoms with E-state index < -0.39 is 5.91 Å². The molecule has 2 N–H and O–H groups in total. The van der Waals surface area contributed by atoms with Crippen LogP contribution in [0, 0.1) is 22.7 Å². The number of rotatable bonds is 3. The summed E-state index contributed by atoms with van der Waals surface area (Å²) in [6.07, 6.45) is 0. The van der Waals surface area contributed by atoms with Crippen molar-refractivity contribution < 1.29 is 4.79 Å². The van der Waals surface area contributed by atoms with Crippen molar-refractivity contribution >= 4 is 44.6 Å². The van der Waals surface area contributed by atoms with Crippen LogP contribution in [-0.2, 0) is 0 Å². The van der Waals surface area contributed by atoms with Crippen LogP contribution in [0.1, 0.15) is 9.67 Å². The molecule has 5 nitrogen and oxygen atoms in total. The lowest BCUT2D eigenvalue weighted by atomic mass is 10.2. The van der Waals surface area contributed by atoms with Gasteiger partial charge in [0.2, 0.25) is 0 Å². The summed E-state index contributed by atoms with van der Waals surface area (Å²) in [4.78, 5) is 13.8. The molecule has 0 bridgehead atoms. The Bertz CT molecular complexity index is 740. The van der Waals surface area contributed by atoms with Crippen molar-refractivity contribution in [3.63, 3.8) is 0 Å². The summed E-state index contributed by atoms with van der Waals surface area (Å²) in [5, 5.41) is 18.5. The molecule has 1 heterocycles. The van der Waals surface area contributed by atoms with E-state index in [-0.39, 0.29) is 13.1 Å². The maximum Gasteiger partial charge on any atom is 0.267 e. The largest absolute Gasteiger partial charge is 0.397 e. The number of fused-ring (bicyclic) bond motifs is 1. The average Bonchev–Trinajstić information content (AvgIpc) is 2.76. The molecule has 1 aromatic carbocycles. The second-order valence-electron chi connectivity index (χ2n) is 3.94. The summed E-state index contributed by atoms with van der Waals surface area (Å²) in [5.74, 6) is -0.428. The van der Waals surface area contributed by atoms with E-state index in [0.717, 1.165) is 9.60 Å². The molecule has 2 rings (SSSR count). The van der Waals surface area contributed by atoms with Crippen molar-refractivity contribution in [2.75, 3.05) is 18.8 Å². The first kappa shape index (κ1) is 14.1. The highest BCUT2D eigenvalue weighted by Gasteiger charge is 2.22. The first-order valence-corrected chi connectivity index (χ1v) is 6.79. The monoisotopic (exact) mass is 304 g/mol. The molecule has 20 heavy (non-hydrogen) atoms. The Hall–Kier alpha value is -2.28. The molecule has 0 saturated heterocycles. The first-order chi connectivity index (χ1) is 9.60. The van der Waals surface area contributed by atoms with Gasteiger partial charge in [-0.2, -0.15) is 10.5 Å². The number of carbonyl (C=O) groups is 1. The molecule has 0 saturated carbocycles. The second-order valence-corrected chi connectivity index (χ2v) is 5.39. The highest BCUT2D eigenvalue weighted by atomic mass is 35.5. The van der Waals surface area contributed by atoms with Gasteiger partial charge in [0.25, 0.3) is 5.91 Å². The molecule has 1 amide bonds. The standard InChI is InChI=1S/C13H9ClN4OS/c14-8-2-1-3-9-10(8)11(17)12(20-9)13(19)18(6-4-15)7-5-16/h1-3H,6-7,17H2. The predicted octanol–water partition coefficient (Wildman–Crippen LogP) is 2.63. The highest BCUT2D eigenvalue weighted by molar-refractivity contribution is 7.21. The summed E-state index contributed by atoms with van der Waals surface area (Å²) < 4.78 is 0.798. The van der Waals surface area contributed by atoms with Crippen LogP contribution < -0.4 is 5.73 Å². The van der Waals surface area contributed by atoms with E-state index in [1.807, 2.05) is 18.2 Å². The minimum absolute atomic E-state index is 0.159. The van der Waals surface area contributed by atoms with Crippen molar-refractivity contribution in [2.24, 2.45) is 0 Å². The van der Waals surface area contributed by atoms with Crippen LogP contribution in [0.3, 0.4) is 0 Å². The number of nitrogens with zero attached hydrogens (tertiary/aromatic N) is 3. The van der Waals surface area contributed by atoms with Gasteiger partial charge < -0.3 is 10.6 Å². The van der Waals surface area contributed by atoms with Gasteiger partial charge in [0.1, 0.15) is 18.0 Å². The lowest BCUT2D eigenvalue weighted by Gasteiger charge is -2.14. The van der Waals surface area contributed by atoms with Crippen molar-refractivity contribution in [1.29, 1.82) is 10.5 Å². The molecule has 0 radical (unpaired) electrons. The molecule has 0 atom stereocenters. The topological polar surface area (TPSA) is 93.9 Å². The number of hydrogen-bond acceptors (Lipinski definition) is 5. The third-order valence-electron chi connectivity index (χ3n) is 2.71. The van der Waals surface area contributed by atoms with Crippen LogP contribution in [0.25, 0.3) is 10.1 Å². The van der Waals surface area contributed by atoms with Crippen LogP contribution in [0.5, 0.6) is 0 Å². The summed E-state index contributed by atoms with van der Waals surface area (Å²) in [5.41, 5.74) is 6.28. The minimum atomic E-state index is -0.428. The van der Waals surface area contributed by atoms with Gasteiger partial charge >= 0.3 is 0 Å². The molecular formula is C13H9ClN4OS. The van der Waals surface area contributed by atoms with Crippen molar-refractivity contribution in [3.8, 4) is 12.1 Å². The molecule has 0 aliphatic heterocycles. The average molecular weight is 305 g/mol. The molecule has 100 valence electrons. The predicted molar refractivity (Wildman–Crippen MR) is 78.4 cm³/mol. The van der Waals surface area contributed by atoms with E-state index in [1.54, 1.807) is 12.1 Å². The van der Waals surface area contributed by atoms with Gasteiger partial charge in [0, 0.05) is 10.1 Å². The minimum Gasteiger partial charge on any atom is -0.397 e. The molecule has 7 heteroatoms. The quantitative estimate of drug-likeness (QED) is 0.882. The Morgan fingerprint density at radius 1 is 1.35 bits per heavy atom. The summed E-state index contributed by atoms with van der Waals surface area (Å²) >= 11 is 7.29. The highest BCUT2D eigenvalue weighted by Crippen LogP contribution is 2.38. The number of amides is 1. The van der Waals surface area contributed by atoms with Gasteiger partial charge in [0.05, 0.1) is 22.8 Å². The molecule has 0 unspecified atom stereocenters. The van der Waals surface area contributed by atoms with Gasteiger partial charge in [0.15, 0.2) is 0 Å². The lowest BCUT2D eigenvalue weighted by Crippen LogP contribution is -2.31. The van der Waals surface area contributed by atoms with Gasteiger partial charge in [-0.1, -0.05) is 17.7 Å². The fourth-order valence-electron chi connectivity index (χ4n) is 1.80. The normalized spacial score (nSPS) is 9.95.